The largest absolute Gasteiger partial charge is 0.496 e. The van der Waals surface area contributed by atoms with Gasteiger partial charge in [-0.2, -0.15) is 5.26 Å². The molecular weight excluding hydrogens is 564 g/mol. The van der Waals surface area contributed by atoms with Crippen LogP contribution in [0.15, 0.2) is 60.7 Å². The lowest BCUT2D eigenvalue weighted by Crippen LogP contribution is -2.55. The van der Waals surface area contributed by atoms with Gasteiger partial charge < -0.3 is 30.4 Å². The van der Waals surface area contributed by atoms with Crippen LogP contribution in [0.25, 0.3) is 10.9 Å². The lowest BCUT2D eigenvalue weighted by Gasteiger charge is -2.29. The minimum absolute atomic E-state index is 0.132. The first kappa shape index (κ1) is 32.0. The van der Waals surface area contributed by atoms with Crippen LogP contribution in [0.4, 0.5) is 0 Å². The van der Waals surface area contributed by atoms with Gasteiger partial charge in [0, 0.05) is 35.8 Å². The van der Waals surface area contributed by atoms with Crippen LogP contribution in [-0.2, 0) is 14.4 Å². The monoisotopic (exact) mass is 602 g/mol. The number of rotatable bonds is 13. The number of H-pyrrole nitrogens is 1. The third-order valence-electron chi connectivity index (χ3n) is 8.12. The summed E-state index contributed by atoms with van der Waals surface area (Å²) >= 11 is 0. The van der Waals surface area contributed by atoms with Crippen LogP contribution in [0, 0.1) is 23.2 Å². The Bertz CT molecular complexity index is 1520. The maximum absolute atomic E-state index is 14.0. The number of fused-ring (bicyclic) bond motifs is 1. The molecule has 5 atom stereocenters. The Balaban J connectivity index is 1.63. The van der Waals surface area contributed by atoms with E-state index in [9.17, 15) is 29.5 Å². The van der Waals surface area contributed by atoms with Gasteiger partial charge in [0.2, 0.25) is 11.8 Å². The highest BCUT2D eigenvalue weighted by Crippen LogP contribution is 2.32. The molecule has 4 rings (SSSR count). The first-order chi connectivity index (χ1) is 21.2. The Kier molecular flexibility index (Phi) is 10.6. The normalized spacial score (nSPS) is 21.3. The second-order valence-electron chi connectivity index (χ2n) is 11.0. The van der Waals surface area contributed by atoms with Crippen molar-refractivity contribution in [1.82, 2.24) is 25.8 Å². The number of aromatic amines is 1. The molecule has 0 aliphatic carbocycles. The number of carboxylic acid groups (broad SMARTS) is 1. The molecule has 12 heteroatoms. The number of amides is 3. The van der Waals surface area contributed by atoms with Crippen molar-refractivity contribution in [2.24, 2.45) is 11.8 Å². The molecule has 2 aliphatic heterocycles. The predicted molar refractivity (Wildman–Crippen MR) is 164 cm³/mol. The van der Waals surface area contributed by atoms with Crippen LogP contribution in [0.1, 0.15) is 36.7 Å². The lowest BCUT2D eigenvalue weighted by molar-refractivity contribution is -0.136. The number of nitrogens with zero attached hydrogens (tertiary/aromatic N) is 2. The smallest absolute Gasteiger partial charge is 0.317 e. The van der Waals surface area contributed by atoms with Crippen LogP contribution in [0.3, 0.4) is 0 Å². The Labute approximate surface area is 255 Å². The lowest BCUT2D eigenvalue weighted by atomic mass is 9.93. The molecule has 0 saturated carbocycles. The minimum atomic E-state index is -1.16. The van der Waals surface area contributed by atoms with Crippen molar-refractivity contribution >= 4 is 34.6 Å². The van der Waals surface area contributed by atoms with E-state index in [1.165, 1.54) is 4.90 Å². The number of ether oxygens (including phenoxy) is 1. The van der Waals surface area contributed by atoms with E-state index < -0.39 is 42.5 Å². The van der Waals surface area contributed by atoms with Crippen LogP contribution < -0.4 is 20.7 Å². The van der Waals surface area contributed by atoms with Crippen LogP contribution in [0.5, 0.6) is 5.75 Å². The number of carbonyl (C=O) groups is 4. The van der Waals surface area contributed by atoms with E-state index in [2.05, 4.69) is 27.5 Å². The molecule has 3 amide bonds. The summed E-state index contributed by atoms with van der Waals surface area (Å²) in [4.78, 5) is 56.2. The Morgan fingerprint density at radius 1 is 1.32 bits per heavy atom. The molecule has 2 saturated heterocycles. The van der Waals surface area contributed by atoms with E-state index in [0.29, 0.717) is 24.2 Å². The van der Waals surface area contributed by atoms with Crippen molar-refractivity contribution in [3.05, 3.63) is 66.4 Å². The highest BCUT2D eigenvalue weighted by molar-refractivity contribution is 6.02. The number of nitriles is 1. The number of methoxy groups -OCH3 is 1. The van der Waals surface area contributed by atoms with Crippen molar-refractivity contribution in [1.29, 1.82) is 5.26 Å². The molecule has 1 aromatic heterocycles. The topological polar surface area (TPSA) is 177 Å². The Morgan fingerprint density at radius 3 is 2.77 bits per heavy atom. The number of benzene rings is 1. The third-order valence-corrected chi connectivity index (χ3v) is 8.12. The first-order valence-electron chi connectivity index (χ1n) is 14.5. The summed E-state index contributed by atoms with van der Waals surface area (Å²) < 4.78 is 5.44. The van der Waals surface area contributed by atoms with E-state index in [1.54, 1.807) is 19.2 Å². The van der Waals surface area contributed by atoms with Crippen molar-refractivity contribution in [3.63, 3.8) is 0 Å². The zero-order valence-corrected chi connectivity index (χ0v) is 24.8. The van der Waals surface area contributed by atoms with Gasteiger partial charge in [0.25, 0.3) is 5.91 Å². The molecule has 0 radical (unpaired) electrons. The van der Waals surface area contributed by atoms with Gasteiger partial charge in [0.05, 0.1) is 25.8 Å². The van der Waals surface area contributed by atoms with Gasteiger partial charge in [-0.3, -0.25) is 24.5 Å². The first-order valence-corrected chi connectivity index (χ1v) is 14.5. The number of carboxylic acids is 1. The summed E-state index contributed by atoms with van der Waals surface area (Å²) in [5.74, 6) is -2.30. The molecular formula is C32H38N6O6. The van der Waals surface area contributed by atoms with Crippen molar-refractivity contribution in [2.45, 2.75) is 44.3 Å². The fourth-order valence-electron chi connectivity index (χ4n) is 5.79. The number of allylic oxidation sites excluding steroid dienone is 4. The molecule has 0 bridgehead atoms. The summed E-state index contributed by atoms with van der Waals surface area (Å²) in [7, 11) is 1.55. The van der Waals surface area contributed by atoms with E-state index in [-0.39, 0.29) is 42.8 Å². The van der Waals surface area contributed by atoms with Crippen molar-refractivity contribution in [2.75, 3.05) is 26.7 Å². The average molecular weight is 603 g/mol. The zero-order chi connectivity index (χ0) is 31.8. The summed E-state index contributed by atoms with van der Waals surface area (Å²) in [6.45, 7) is 6.29. The molecule has 1 unspecified atom stereocenters. The quantitative estimate of drug-likeness (QED) is 0.217. The van der Waals surface area contributed by atoms with E-state index in [0.717, 1.165) is 11.0 Å². The van der Waals surface area contributed by atoms with E-state index >= 15 is 0 Å². The van der Waals surface area contributed by atoms with Crippen LogP contribution in [0.2, 0.25) is 0 Å². The highest BCUT2D eigenvalue weighted by Gasteiger charge is 2.42. The number of aliphatic carboxylic acids is 1. The highest BCUT2D eigenvalue weighted by atomic mass is 16.5. The summed E-state index contributed by atoms with van der Waals surface area (Å²) in [5, 5.41) is 28.1. The second-order valence-corrected chi connectivity index (χ2v) is 11.0. The third kappa shape index (κ3) is 7.36. The average Bonchev–Trinajstić information content (AvgIpc) is 3.75. The molecule has 3 heterocycles. The molecule has 12 nitrogen and oxygen atoms in total. The fourth-order valence-corrected chi connectivity index (χ4v) is 5.79. The second kappa shape index (κ2) is 14.5. The van der Waals surface area contributed by atoms with Gasteiger partial charge in [-0.05, 0) is 44.4 Å². The number of aromatic nitrogens is 1. The molecule has 5 N–H and O–H groups in total. The van der Waals surface area contributed by atoms with Crippen LogP contribution in [-0.4, -0.2) is 83.6 Å². The van der Waals surface area contributed by atoms with Crippen molar-refractivity contribution in [3.8, 4) is 11.8 Å². The minimum Gasteiger partial charge on any atom is -0.496 e. The molecule has 2 aromatic rings. The molecule has 44 heavy (non-hydrogen) atoms. The van der Waals surface area contributed by atoms with Crippen molar-refractivity contribution < 1.29 is 29.0 Å². The molecule has 2 fully saturated rings. The standard InChI is InChI=1S/C32H38N6O6/c1-4-5-6-8-19(2)21-14-27(38(18-21)32(43)25-15-22-23(36-25)9-7-10-28(22)44-3)31(42)37-24(13-20-11-12-34-30(20)41)26(16-33)35-17-29(39)40/h4-10,15,20-21,24,26-27,35-36H,2,11-14,17-18H2,1,3H3,(H,34,41)(H,37,42)(H,39,40)/b5-4-,8-6-/t20-,21+,24-,26?,27-/m0/s1. The number of carbonyl (C=O) groups excluding carboxylic acids is 3. The number of likely N-dealkylation sites (tertiary alicyclic amines) is 1. The van der Waals surface area contributed by atoms with Gasteiger partial charge in [-0.1, -0.05) is 42.5 Å². The maximum Gasteiger partial charge on any atom is 0.317 e. The van der Waals surface area contributed by atoms with Gasteiger partial charge in [0.15, 0.2) is 0 Å². The maximum atomic E-state index is 14.0. The molecule has 0 spiro atoms. The SMILES string of the molecule is C=C(/C=C\C=C/C)[C@@H]1C[C@@H](C(=O)N[C@@H](C[C@@H]2CCNC2=O)C(C#N)NCC(=O)O)N(C(=O)c2cc3c(OC)cccc3[nH]2)C1. The molecule has 1 aromatic carbocycles. The summed E-state index contributed by atoms with van der Waals surface area (Å²) in [5.41, 5.74) is 1.75. The van der Waals surface area contributed by atoms with Gasteiger partial charge >= 0.3 is 5.97 Å². The van der Waals surface area contributed by atoms with Gasteiger partial charge in [-0.25, -0.2) is 0 Å². The van der Waals surface area contributed by atoms with E-state index in [4.69, 9.17) is 4.74 Å². The number of hydrogen-bond donors (Lipinski definition) is 5. The number of hydrogen-bond acceptors (Lipinski definition) is 7. The molecule has 232 valence electrons. The molecule has 2 aliphatic rings. The van der Waals surface area contributed by atoms with Crippen LogP contribution >= 0.6 is 0 Å². The fraction of sp³-hybridized carbons (Fsp3) is 0.406. The summed E-state index contributed by atoms with van der Waals surface area (Å²) in [6, 6.07) is 6.29. The van der Waals surface area contributed by atoms with Gasteiger partial charge in [0.1, 0.15) is 23.5 Å². The van der Waals surface area contributed by atoms with Gasteiger partial charge in [-0.15, -0.1) is 0 Å². The number of nitrogens with one attached hydrogen (secondary N) is 4. The Hall–Kier alpha value is -4.89. The summed E-state index contributed by atoms with van der Waals surface area (Å²) in [6.07, 6.45) is 8.39. The Morgan fingerprint density at radius 2 is 2.11 bits per heavy atom. The van der Waals surface area contributed by atoms with E-state index in [1.807, 2.05) is 49.4 Å². The predicted octanol–water partition coefficient (Wildman–Crippen LogP) is 2.27. The zero-order valence-electron chi connectivity index (χ0n) is 24.8.